The Morgan fingerprint density at radius 1 is 1.16 bits per heavy atom. The van der Waals surface area contributed by atoms with Gasteiger partial charge in [-0.1, -0.05) is 56.3 Å². The third-order valence-corrected chi connectivity index (χ3v) is 6.10. The van der Waals surface area contributed by atoms with Crippen LogP contribution in [-0.2, 0) is 20.8 Å². The Balaban J connectivity index is 1.86. The molecule has 1 heterocycles. The van der Waals surface area contributed by atoms with Gasteiger partial charge in [-0.15, -0.1) is 0 Å². The molecule has 3 rings (SSSR count). The lowest BCUT2D eigenvalue weighted by molar-refractivity contribution is -0.384. The molecule has 10 nitrogen and oxygen atoms in total. The van der Waals surface area contributed by atoms with Crippen LogP contribution in [0.1, 0.15) is 37.9 Å². The van der Waals surface area contributed by atoms with E-state index in [1.807, 2.05) is 56.1 Å². The Morgan fingerprint density at radius 3 is 2.53 bits per heavy atom. The van der Waals surface area contributed by atoms with Crippen molar-refractivity contribution in [1.29, 1.82) is 0 Å². The summed E-state index contributed by atoms with van der Waals surface area (Å²) in [5.74, 6) is -0.597. The standard InChI is InChI=1S/C27H32N4O6S/c1-18(2)17-37-27(33)30-24(21-11-8-12-22(15-21)31(34)35)23(19(3)28-26(30)38)25(32)36-14-13-29(4)16-20-9-6-5-7-10-20/h5-12,15,18,24H,13-14,16-17H2,1-4H3,(H,28,38). The molecule has 1 amide bonds. The van der Waals surface area contributed by atoms with Crippen LogP contribution in [-0.4, -0.2) is 58.7 Å². The van der Waals surface area contributed by atoms with Gasteiger partial charge < -0.3 is 14.8 Å². The van der Waals surface area contributed by atoms with Crippen molar-refractivity contribution in [2.75, 3.05) is 26.8 Å². The molecule has 0 radical (unpaired) electrons. The lowest BCUT2D eigenvalue weighted by Gasteiger charge is -2.37. The molecule has 2 aromatic carbocycles. The zero-order valence-electron chi connectivity index (χ0n) is 21.9. The second-order valence-electron chi connectivity index (χ2n) is 9.42. The number of ether oxygens (including phenoxy) is 2. The van der Waals surface area contributed by atoms with Crippen molar-refractivity contribution in [1.82, 2.24) is 15.1 Å². The number of carbonyl (C=O) groups is 2. The van der Waals surface area contributed by atoms with Crippen LogP contribution in [0.2, 0.25) is 0 Å². The van der Waals surface area contributed by atoms with Gasteiger partial charge >= 0.3 is 12.1 Å². The number of likely N-dealkylation sites (N-methyl/N-ethyl adjacent to an activating group) is 1. The Labute approximate surface area is 227 Å². The Bertz CT molecular complexity index is 1220. The van der Waals surface area contributed by atoms with Crippen molar-refractivity contribution in [3.05, 3.63) is 87.1 Å². The fourth-order valence-corrected chi connectivity index (χ4v) is 4.30. The molecule has 2 aromatic rings. The van der Waals surface area contributed by atoms with Crippen LogP contribution < -0.4 is 5.32 Å². The molecule has 0 saturated heterocycles. The van der Waals surface area contributed by atoms with E-state index in [1.54, 1.807) is 13.0 Å². The van der Waals surface area contributed by atoms with Crippen LogP contribution in [0.4, 0.5) is 10.5 Å². The van der Waals surface area contributed by atoms with E-state index in [1.165, 1.54) is 18.2 Å². The minimum absolute atomic E-state index is 0.0203. The van der Waals surface area contributed by atoms with Crippen LogP contribution in [0.3, 0.4) is 0 Å². The number of hydrogen-bond acceptors (Lipinski definition) is 8. The lowest BCUT2D eigenvalue weighted by atomic mass is 9.94. The molecular formula is C27H32N4O6S. The van der Waals surface area contributed by atoms with Crippen LogP contribution in [0.15, 0.2) is 65.9 Å². The molecule has 1 N–H and O–H groups in total. The van der Waals surface area contributed by atoms with Gasteiger partial charge in [0.25, 0.3) is 5.69 Å². The predicted molar refractivity (Wildman–Crippen MR) is 146 cm³/mol. The Hall–Kier alpha value is -3.83. The van der Waals surface area contributed by atoms with E-state index < -0.39 is 23.0 Å². The highest BCUT2D eigenvalue weighted by Gasteiger charge is 2.41. The second-order valence-corrected chi connectivity index (χ2v) is 9.81. The van der Waals surface area contributed by atoms with Crippen molar-refractivity contribution >= 4 is 35.1 Å². The molecule has 0 spiro atoms. The van der Waals surface area contributed by atoms with Gasteiger partial charge in [0, 0.05) is 30.9 Å². The van der Waals surface area contributed by atoms with Crippen molar-refractivity contribution in [2.24, 2.45) is 5.92 Å². The van der Waals surface area contributed by atoms with Gasteiger partial charge in [0.05, 0.1) is 17.1 Å². The maximum Gasteiger partial charge on any atom is 0.416 e. The van der Waals surface area contributed by atoms with Crippen LogP contribution in [0, 0.1) is 16.0 Å². The van der Waals surface area contributed by atoms with Gasteiger partial charge in [-0.25, -0.2) is 14.5 Å². The zero-order chi connectivity index (χ0) is 27.8. The van der Waals surface area contributed by atoms with E-state index in [-0.39, 0.29) is 35.5 Å². The van der Waals surface area contributed by atoms with Gasteiger partial charge in [-0.2, -0.15) is 0 Å². The SMILES string of the molecule is CC1=C(C(=O)OCCN(C)Cc2ccccc2)C(c2cccc([N+](=O)[O-])c2)N(C(=O)OCC(C)C)C(=S)N1. The van der Waals surface area contributed by atoms with Crippen molar-refractivity contribution in [2.45, 2.75) is 33.4 Å². The topological polar surface area (TPSA) is 114 Å². The number of thiocarbonyl (C=S) groups is 1. The normalized spacial score (nSPS) is 15.5. The minimum atomic E-state index is -1.07. The number of benzene rings is 2. The number of amides is 1. The van der Waals surface area contributed by atoms with E-state index in [4.69, 9.17) is 21.7 Å². The molecule has 1 aliphatic rings. The van der Waals surface area contributed by atoms with Crippen molar-refractivity contribution in [3.63, 3.8) is 0 Å². The lowest BCUT2D eigenvalue weighted by Crippen LogP contribution is -2.51. The number of nitrogens with one attached hydrogen (secondary N) is 1. The highest BCUT2D eigenvalue weighted by atomic mass is 32.1. The largest absolute Gasteiger partial charge is 0.461 e. The van der Waals surface area contributed by atoms with Gasteiger partial charge in [-0.05, 0) is 43.2 Å². The number of esters is 1. The van der Waals surface area contributed by atoms with E-state index in [0.717, 1.165) is 10.5 Å². The van der Waals surface area contributed by atoms with Crippen LogP contribution in [0.25, 0.3) is 0 Å². The van der Waals surface area contributed by atoms with E-state index in [9.17, 15) is 19.7 Å². The molecule has 11 heteroatoms. The molecule has 0 bridgehead atoms. The number of nitrogens with zero attached hydrogens (tertiary/aromatic N) is 3. The van der Waals surface area contributed by atoms with Crippen LogP contribution in [0.5, 0.6) is 0 Å². The summed E-state index contributed by atoms with van der Waals surface area (Å²) < 4.78 is 11.0. The Kier molecular flexibility index (Phi) is 9.91. The summed E-state index contributed by atoms with van der Waals surface area (Å²) in [6, 6.07) is 14.6. The summed E-state index contributed by atoms with van der Waals surface area (Å²) in [5.41, 5.74) is 1.78. The number of non-ortho nitro benzene ring substituents is 1. The molecule has 0 aliphatic carbocycles. The average Bonchev–Trinajstić information content (AvgIpc) is 2.87. The molecular weight excluding hydrogens is 508 g/mol. The second kappa shape index (κ2) is 13.1. The fraction of sp³-hybridized carbons (Fsp3) is 0.370. The summed E-state index contributed by atoms with van der Waals surface area (Å²) in [6.45, 7) is 6.81. The highest BCUT2D eigenvalue weighted by Crippen LogP contribution is 2.36. The predicted octanol–water partition coefficient (Wildman–Crippen LogP) is 4.57. The number of nitro benzene ring substituents is 1. The first-order valence-electron chi connectivity index (χ1n) is 12.2. The van der Waals surface area contributed by atoms with Crippen LogP contribution >= 0.6 is 12.2 Å². The zero-order valence-corrected chi connectivity index (χ0v) is 22.7. The third kappa shape index (κ3) is 7.36. The fourth-order valence-electron chi connectivity index (χ4n) is 3.97. The van der Waals surface area contributed by atoms with E-state index >= 15 is 0 Å². The maximum absolute atomic E-state index is 13.4. The monoisotopic (exact) mass is 540 g/mol. The van der Waals surface area contributed by atoms with Gasteiger partial charge in [0.2, 0.25) is 0 Å². The number of carbonyl (C=O) groups excluding carboxylic acids is 2. The third-order valence-electron chi connectivity index (χ3n) is 5.80. The first-order chi connectivity index (χ1) is 18.1. The average molecular weight is 541 g/mol. The van der Waals surface area contributed by atoms with Crippen molar-refractivity contribution in [3.8, 4) is 0 Å². The first kappa shape index (κ1) is 28.7. The number of allylic oxidation sites excluding steroid dienone is 1. The molecule has 0 aromatic heterocycles. The smallest absolute Gasteiger partial charge is 0.416 e. The van der Waals surface area contributed by atoms with E-state index in [0.29, 0.717) is 24.4 Å². The molecule has 0 fully saturated rings. The van der Waals surface area contributed by atoms with Gasteiger partial charge in [0.1, 0.15) is 12.6 Å². The molecule has 202 valence electrons. The summed E-state index contributed by atoms with van der Waals surface area (Å²) in [4.78, 5) is 40.6. The highest BCUT2D eigenvalue weighted by molar-refractivity contribution is 7.80. The van der Waals surface area contributed by atoms with E-state index in [2.05, 4.69) is 5.32 Å². The number of rotatable bonds is 10. The Morgan fingerprint density at radius 2 is 1.87 bits per heavy atom. The molecule has 1 aliphatic heterocycles. The molecule has 38 heavy (non-hydrogen) atoms. The summed E-state index contributed by atoms with van der Waals surface area (Å²) in [6.07, 6.45) is -0.770. The van der Waals surface area contributed by atoms with Crippen molar-refractivity contribution < 1.29 is 24.0 Å². The molecule has 1 unspecified atom stereocenters. The summed E-state index contributed by atoms with van der Waals surface area (Å²) >= 11 is 5.43. The van der Waals surface area contributed by atoms with Gasteiger partial charge in [0.15, 0.2) is 5.11 Å². The maximum atomic E-state index is 13.4. The summed E-state index contributed by atoms with van der Waals surface area (Å²) in [7, 11) is 1.92. The minimum Gasteiger partial charge on any atom is -0.461 e. The molecule has 0 saturated carbocycles. The first-order valence-corrected chi connectivity index (χ1v) is 12.6. The number of hydrogen-bond donors (Lipinski definition) is 1. The van der Waals surface area contributed by atoms with Gasteiger partial charge in [-0.3, -0.25) is 15.0 Å². The number of nitro groups is 1. The summed E-state index contributed by atoms with van der Waals surface area (Å²) in [5, 5.41) is 14.4. The molecule has 1 atom stereocenters. The quantitative estimate of drug-likeness (QED) is 0.200.